The first-order valence-electron chi connectivity index (χ1n) is 4.11. The Hall–Kier alpha value is -2.10. The van der Waals surface area contributed by atoms with Crippen molar-refractivity contribution < 1.29 is 5.21 Å². The lowest BCUT2D eigenvalue weighted by Crippen LogP contribution is -2.19. The number of rotatable bonds is 1. The molecule has 0 spiro atoms. The first-order chi connectivity index (χ1) is 6.79. The third-order valence-corrected chi connectivity index (χ3v) is 1.87. The molecule has 0 saturated carbocycles. The predicted octanol–water partition coefficient (Wildman–Crippen LogP) is 1.15. The van der Waals surface area contributed by atoms with Crippen LogP contribution in [0, 0.1) is 0 Å². The first kappa shape index (κ1) is 8.50. The van der Waals surface area contributed by atoms with Gasteiger partial charge in [0, 0.05) is 11.8 Å². The zero-order valence-electron chi connectivity index (χ0n) is 7.29. The van der Waals surface area contributed by atoms with Crippen LogP contribution in [-0.4, -0.2) is 14.9 Å². The molecule has 0 saturated heterocycles. The molecule has 14 heavy (non-hydrogen) atoms. The van der Waals surface area contributed by atoms with E-state index in [0.29, 0.717) is 10.3 Å². The molecule has 0 radical (unpaired) electrons. The van der Waals surface area contributed by atoms with Crippen LogP contribution in [0.1, 0.15) is 0 Å². The molecular weight excluding hydrogens is 180 g/mol. The molecule has 1 N–H and O–H groups in total. The minimum Gasteiger partial charge on any atom is -0.425 e. The minimum atomic E-state index is -0.515. The molecule has 4 heteroatoms. The lowest BCUT2D eigenvalue weighted by molar-refractivity contribution is 0.174. The second-order valence-corrected chi connectivity index (χ2v) is 2.79. The quantitative estimate of drug-likeness (QED) is 0.683. The molecule has 0 amide bonds. The Labute approximate surface area is 80.0 Å². The predicted molar refractivity (Wildman–Crippen MR) is 51.1 cm³/mol. The van der Waals surface area contributed by atoms with Gasteiger partial charge in [0.15, 0.2) is 0 Å². The van der Waals surface area contributed by atoms with Gasteiger partial charge < -0.3 is 5.21 Å². The van der Waals surface area contributed by atoms with Crippen LogP contribution < -0.4 is 5.56 Å². The molecule has 1 heterocycles. The largest absolute Gasteiger partial charge is 0.425 e. The van der Waals surface area contributed by atoms with Crippen LogP contribution in [0.25, 0.3) is 11.3 Å². The minimum absolute atomic E-state index is 0.246. The fourth-order valence-corrected chi connectivity index (χ4v) is 1.20. The van der Waals surface area contributed by atoms with Gasteiger partial charge in [-0.3, -0.25) is 4.79 Å². The van der Waals surface area contributed by atoms with E-state index in [2.05, 4.69) is 4.98 Å². The highest BCUT2D eigenvalue weighted by Crippen LogP contribution is 2.10. The van der Waals surface area contributed by atoms with E-state index in [1.807, 2.05) is 18.2 Å². The van der Waals surface area contributed by atoms with Crippen LogP contribution in [0.5, 0.6) is 0 Å². The van der Waals surface area contributed by atoms with Gasteiger partial charge in [-0.2, -0.15) is 4.73 Å². The van der Waals surface area contributed by atoms with Crippen LogP contribution in [0.15, 0.2) is 47.5 Å². The van der Waals surface area contributed by atoms with Crippen molar-refractivity contribution in [1.29, 1.82) is 0 Å². The Bertz CT molecular complexity index is 491. The van der Waals surface area contributed by atoms with Crippen molar-refractivity contribution in [1.82, 2.24) is 9.71 Å². The molecule has 0 aliphatic rings. The van der Waals surface area contributed by atoms with Crippen molar-refractivity contribution in [3.63, 3.8) is 0 Å². The van der Waals surface area contributed by atoms with Crippen molar-refractivity contribution >= 4 is 0 Å². The summed E-state index contributed by atoms with van der Waals surface area (Å²) >= 11 is 0. The Morgan fingerprint density at radius 1 is 1.21 bits per heavy atom. The lowest BCUT2D eigenvalue weighted by Gasteiger charge is -2.00. The number of aromatic nitrogens is 2. The summed E-state index contributed by atoms with van der Waals surface area (Å²) in [5, 5.41) is 9.13. The van der Waals surface area contributed by atoms with E-state index >= 15 is 0 Å². The Morgan fingerprint density at radius 2 is 1.93 bits per heavy atom. The molecule has 70 valence electrons. The maximum absolute atomic E-state index is 11.4. The van der Waals surface area contributed by atoms with Crippen LogP contribution >= 0.6 is 0 Å². The summed E-state index contributed by atoms with van der Waals surface area (Å²) in [6.45, 7) is 0. The third kappa shape index (κ3) is 1.37. The SMILES string of the molecule is O=c1c(-c2ccccc2)nccn1O. The maximum Gasteiger partial charge on any atom is 0.309 e. The summed E-state index contributed by atoms with van der Waals surface area (Å²) in [7, 11) is 0. The summed E-state index contributed by atoms with van der Waals surface area (Å²) < 4.78 is 0.523. The van der Waals surface area contributed by atoms with Gasteiger partial charge in [0.2, 0.25) is 0 Å². The van der Waals surface area contributed by atoms with Crippen molar-refractivity contribution in [2.45, 2.75) is 0 Å². The molecule has 0 unspecified atom stereocenters. The molecule has 4 nitrogen and oxygen atoms in total. The van der Waals surface area contributed by atoms with Gasteiger partial charge in [0.25, 0.3) is 0 Å². The summed E-state index contributed by atoms with van der Waals surface area (Å²) in [6.07, 6.45) is 2.58. The average molecular weight is 188 g/mol. The molecule has 2 aromatic rings. The summed E-state index contributed by atoms with van der Waals surface area (Å²) in [6, 6.07) is 9.01. The lowest BCUT2D eigenvalue weighted by atomic mass is 10.2. The Balaban J connectivity index is 2.64. The van der Waals surface area contributed by atoms with Crippen LogP contribution in [-0.2, 0) is 0 Å². The Morgan fingerprint density at radius 3 is 2.64 bits per heavy atom. The number of benzene rings is 1. The van der Waals surface area contributed by atoms with Crippen molar-refractivity contribution in [3.8, 4) is 11.3 Å². The van der Waals surface area contributed by atoms with E-state index in [9.17, 15) is 4.79 Å². The fraction of sp³-hybridized carbons (Fsp3) is 0. The van der Waals surface area contributed by atoms with E-state index in [4.69, 9.17) is 5.21 Å². The van der Waals surface area contributed by atoms with E-state index in [0.717, 1.165) is 0 Å². The number of nitrogens with zero attached hydrogens (tertiary/aromatic N) is 2. The molecule has 0 fully saturated rings. The molecule has 0 aliphatic carbocycles. The van der Waals surface area contributed by atoms with Crippen LogP contribution in [0.3, 0.4) is 0 Å². The molecule has 0 atom stereocenters. The van der Waals surface area contributed by atoms with E-state index in [-0.39, 0.29) is 5.69 Å². The van der Waals surface area contributed by atoms with Gasteiger partial charge in [0.1, 0.15) is 5.69 Å². The van der Waals surface area contributed by atoms with Crippen molar-refractivity contribution in [3.05, 3.63) is 53.1 Å². The maximum atomic E-state index is 11.4. The van der Waals surface area contributed by atoms with Gasteiger partial charge in [-0.15, -0.1) is 0 Å². The average Bonchev–Trinajstić information content (AvgIpc) is 2.23. The normalized spacial score (nSPS) is 10.0. The fourth-order valence-electron chi connectivity index (χ4n) is 1.20. The molecule has 1 aromatic heterocycles. The zero-order chi connectivity index (χ0) is 9.97. The van der Waals surface area contributed by atoms with Gasteiger partial charge in [-0.25, -0.2) is 4.98 Å². The van der Waals surface area contributed by atoms with Crippen LogP contribution in [0.4, 0.5) is 0 Å². The van der Waals surface area contributed by atoms with Crippen LogP contribution in [0.2, 0.25) is 0 Å². The molecule has 1 aromatic carbocycles. The number of hydrogen-bond donors (Lipinski definition) is 1. The van der Waals surface area contributed by atoms with E-state index in [1.54, 1.807) is 12.1 Å². The number of hydrogen-bond acceptors (Lipinski definition) is 3. The monoisotopic (exact) mass is 188 g/mol. The second-order valence-electron chi connectivity index (χ2n) is 2.79. The second kappa shape index (κ2) is 3.33. The summed E-state index contributed by atoms with van der Waals surface area (Å²) in [5.41, 5.74) is 0.426. The van der Waals surface area contributed by atoms with Gasteiger partial charge in [-0.1, -0.05) is 30.3 Å². The standard InChI is InChI=1S/C10H8N2O2/c13-10-9(11-6-7-12(10)14)8-4-2-1-3-5-8/h1-7,14H. The highest BCUT2D eigenvalue weighted by Gasteiger charge is 2.05. The molecule has 0 aliphatic heterocycles. The molecule has 2 rings (SSSR count). The van der Waals surface area contributed by atoms with Crippen molar-refractivity contribution in [2.75, 3.05) is 0 Å². The van der Waals surface area contributed by atoms with E-state index < -0.39 is 5.56 Å². The highest BCUT2D eigenvalue weighted by molar-refractivity contribution is 5.57. The van der Waals surface area contributed by atoms with E-state index in [1.165, 1.54) is 12.4 Å². The van der Waals surface area contributed by atoms with Crippen molar-refractivity contribution in [2.24, 2.45) is 0 Å². The zero-order valence-corrected chi connectivity index (χ0v) is 7.29. The smallest absolute Gasteiger partial charge is 0.309 e. The van der Waals surface area contributed by atoms with Gasteiger partial charge in [-0.05, 0) is 0 Å². The molecular formula is C10H8N2O2. The Kier molecular flexibility index (Phi) is 2.02. The summed E-state index contributed by atoms with van der Waals surface area (Å²) in [5.74, 6) is 0. The third-order valence-electron chi connectivity index (χ3n) is 1.87. The topological polar surface area (TPSA) is 55.1 Å². The first-order valence-corrected chi connectivity index (χ1v) is 4.11. The highest BCUT2D eigenvalue weighted by atomic mass is 16.5. The van der Waals surface area contributed by atoms with Gasteiger partial charge in [0.05, 0.1) is 6.20 Å². The molecule has 0 bridgehead atoms. The van der Waals surface area contributed by atoms with Gasteiger partial charge >= 0.3 is 5.56 Å². The summed E-state index contributed by atoms with van der Waals surface area (Å²) in [4.78, 5) is 15.3.